The van der Waals surface area contributed by atoms with Crippen LogP contribution in [-0.4, -0.2) is 4.98 Å². The molecule has 0 aliphatic carbocycles. The van der Waals surface area contributed by atoms with Crippen molar-refractivity contribution in [3.05, 3.63) is 41.4 Å². The molecule has 1 atom stereocenters. The molecular formula is C11H12N2S2. The van der Waals surface area contributed by atoms with Gasteiger partial charge in [0.25, 0.3) is 0 Å². The topological polar surface area (TPSA) is 38.9 Å². The number of hydrogen-bond acceptors (Lipinski definition) is 4. The third kappa shape index (κ3) is 2.59. The number of rotatable bonds is 3. The van der Waals surface area contributed by atoms with E-state index in [0.29, 0.717) is 0 Å². The van der Waals surface area contributed by atoms with E-state index in [0.717, 1.165) is 10.6 Å². The highest BCUT2D eigenvalue weighted by molar-refractivity contribution is 8.01. The smallest absolute Gasteiger partial charge is 0.106 e. The first-order valence-corrected chi connectivity index (χ1v) is 6.39. The molecule has 0 saturated carbocycles. The molecule has 15 heavy (non-hydrogen) atoms. The Morgan fingerprint density at radius 3 is 2.93 bits per heavy atom. The lowest BCUT2D eigenvalue weighted by molar-refractivity contribution is 0.780. The van der Waals surface area contributed by atoms with Gasteiger partial charge in [0.1, 0.15) is 5.03 Å². The minimum atomic E-state index is 0.0289. The second-order valence-electron chi connectivity index (χ2n) is 3.22. The van der Waals surface area contributed by atoms with E-state index >= 15 is 0 Å². The van der Waals surface area contributed by atoms with Crippen molar-refractivity contribution in [3.63, 3.8) is 0 Å². The average Bonchev–Trinajstić information content (AvgIpc) is 2.71. The second-order valence-corrected chi connectivity index (χ2v) is 5.46. The fraction of sp³-hybridized carbons (Fsp3) is 0.182. The summed E-state index contributed by atoms with van der Waals surface area (Å²) in [7, 11) is 0. The Hall–Kier alpha value is -0.840. The molecule has 0 spiro atoms. The van der Waals surface area contributed by atoms with Crippen LogP contribution in [0, 0.1) is 0 Å². The van der Waals surface area contributed by atoms with E-state index < -0.39 is 0 Å². The molecule has 0 amide bonds. The van der Waals surface area contributed by atoms with Gasteiger partial charge in [-0.2, -0.15) is 0 Å². The summed E-state index contributed by atoms with van der Waals surface area (Å²) in [6.45, 7) is 1.98. The molecule has 0 aromatic carbocycles. The minimum absolute atomic E-state index is 0.0289. The van der Waals surface area contributed by atoms with Crippen LogP contribution in [0.1, 0.15) is 18.5 Å². The summed E-state index contributed by atoms with van der Waals surface area (Å²) in [5.41, 5.74) is 7.00. The van der Waals surface area contributed by atoms with Gasteiger partial charge >= 0.3 is 0 Å². The monoisotopic (exact) mass is 236 g/mol. The number of thiophene rings is 1. The summed E-state index contributed by atoms with van der Waals surface area (Å²) in [5.74, 6) is 0. The highest BCUT2D eigenvalue weighted by atomic mass is 32.2. The Kier molecular flexibility index (Phi) is 3.41. The lowest BCUT2D eigenvalue weighted by atomic mass is 10.2. The standard InChI is InChI=1S/C11H12N2S2/c1-8(12)9-4-2-6-13-11(9)15-10-5-3-7-14-10/h2-8H,12H2,1H3/t8-/m0/s1. The zero-order valence-electron chi connectivity index (χ0n) is 8.38. The van der Waals surface area contributed by atoms with Gasteiger partial charge < -0.3 is 5.73 Å². The van der Waals surface area contributed by atoms with Crippen molar-refractivity contribution in [3.8, 4) is 0 Å². The van der Waals surface area contributed by atoms with Crippen molar-refractivity contribution in [2.45, 2.75) is 22.2 Å². The maximum atomic E-state index is 5.89. The molecule has 0 fully saturated rings. The van der Waals surface area contributed by atoms with E-state index in [1.807, 2.05) is 31.3 Å². The molecule has 78 valence electrons. The van der Waals surface area contributed by atoms with Gasteiger partial charge in [-0.05, 0) is 24.4 Å². The van der Waals surface area contributed by atoms with Gasteiger partial charge in [-0.15, -0.1) is 11.3 Å². The van der Waals surface area contributed by atoms with Crippen molar-refractivity contribution >= 4 is 23.1 Å². The lowest BCUT2D eigenvalue weighted by Gasteiger charge is -2.09. The molecule has 2 aromatic rings. The van der Waals surface area contributed by atoms with Crippen molar-refractivity contribution in [2.75, 3.05) is 0 Å². The van der Waals surface area contributed by atoms with Gasteiger partial charge in [0, 0.05) is 17.8 Å². The number of nitrogens with two attached hydrogens (primary N) is 1. The van der Waals surface area contributed by atoms with Crippen LogP contribution in [0.3, 0.4) is 0 Å². The number of pyridine rings is 1. The van der Waals surface area contributed by atoms with E-state index in [-0.39, 0.29) is 6.04 Å². The highest BCUT2D eigenvalue weighted by Crippen LogP contribution is 2.33. The zero-order chi connectivity index (χ0) is 10.7. The van der Waals surface area contributed by atoms with E-state index in [4.69, 9.17) is 5.73 Å². The first-order valence-electron chi connectivity index (χ1n) is 4.69. The number of aromatic nitrogens is 1. The van der Waals surface area contributed by atoms with Gasteiger partial charge in [0.15, 0.2) is 0 Å². The molecular weight excluding hydrogens is 224 g/mol. The SMILES string of the molecule is C[C@H](N)c1cccnc1Sc1cccs1. The van der Waals surface area contributed by atoms with Gasteiger partial charge in [-0.3, -0.25) is 0 Å². The lowest BCUT2D eigenvalue weighted by Crippen LogP contribution is -2.06. The quantitative estimate of drug-likeness (QED) is 0.888. The minimum Gasteiger partial charge on any atom is -0.324 e. The predicted octanol–water partition coefficient (Wildman–Crippen LogP) is 3.31. The van der Waals surface area contributed by atoms with Gasteiger partial charge in [-0.25, -0.2) is 4.98 Å². The molecule has 0 aliphatic heterocycles. The Bertz CT molecular complexity index is 424. The van der Waals surface area contributed by atoms with E-state index in [9.17, 15) is 0 Å². The number of hydrogen-bond donors (Lipinski definition) is 1. The van der Waals surface area contributed by atoms with Crippen molar-refractivity contribution in [1.29, 1.82) is 0 Å². The molecule has 2 aromatic heterocycles. The first kappa shape index (κ1) is 10.7. The summed E-state index contributed by atoms with van der Waals surface area (Å²) in [5, 5.41) is 3.08. The molecule has 0 saturated heterocycles. The second kappa shape index (κ2) is 4.79. The molecule has 4 heteroatoms. The number of nitrogens with zero attached hydrogens (tertiary/aromatic N) is 1. The average molecular weight is 236 g/mol. The summed E-state index contributed by atoms with van der Waals surface area (Å²) in [4.78, 5) is 4.36. The van der Waals surface area contributed by atoms with Crippen molar-refractivity contribution in [1.82, 2.24) is 4.98 Å². The highest BCUT2D eigenvalue weighted by Gasteiger charge is 2.09. The predicted molar refractivity (Wildman–Crippen MR) is 65.3 cm³/mol. The summed E-state index contributed by atoms with van der Waals surface area (Å²) >= 11 is 3.40. The Morgan fingerprint density at radius 1 is 1.40 bits per heavy atom. The van der Waals surface area contributed by atoms with Crippen LogP contribution in [0.4, 0.5) is 0 Å². The van der Waals surface area contributed by atoms with Gasteiger partial charge in [0.05, 0.1) is 4.21 Å². The molecule has 2 N–H and O–H groups in total. The maximum Gasteiger partial charge on any atom is 0.106 e. The third-order valence-electron chi connectivity index (χ3n) is 1.98. The summed E-state index contributed by atoms with van der Waals surface area (Å²) < 4.78 is 1.25. The van der Waals surface area contributed by atoms with Gasteiger partial charge in [0.2, 0.25) is 0 Å². The fourth-order valence-electron chi connectivity index (χ4n) is 1.25. The van der Waals surface area contributed by atoms with E-state index in [1.54, 1.807) is 23.1 Å². The third-order valence-corrected chi connectivity index (χ3v) is 4.06. The van der Waals surface area contributed by atoms with Crippen LogP contribution in [0.25, 0.3) is 0 Å². The Morgan fingerprint density at radius 2 is 2.27 bits per heavy atom. The largest absolute Gasteiger partial charge is 0.324 e. The molecule has 2 rings (SSSR count). The molecule has 0 bridgehead atoms. The van der Waals surface area contributed by atoms with Crippen LogP contribution < -0.4 is 5.73 Å². The van der Waals surface area contributed by atoms with Crippen LogP contribution in [0.5, 0.6) is 0 Å². The summed E-state index contributed by atoms with van der Waals surface area (Å²) in [6, 6.07) is 8.13. The first-order chi connectivity index (χ1) is 7.27. The summed E-state index contributed by atoms with van der Waals surface area (Å²) in [6.07, 6.45) is 1.81. The molecule has 0 aliphatic rings. The molecule has 2 heterocycles. The molecule has 2 nitrogen and oxygen atoms in total. The molecule has 0 radical (unpaired) electrons. The Balaban J connectivity index is 2.28. The van der Waals surface area contributed by atoms with Crippen LogP contribution in [0.15, 0.2) is 45.1 Å². The molecule has 0 unspecified atom stereocenters. The Labute approximate surface area is 97.5 Å². The zero-order valence-corrected chi connectivity index (χ0v) is 10.0. The maximum absolute atomic E-state index is 5.89. The van der Waals surface area contributed by atoms with Crippen LogP contribution in [-0.2, 0) is 0 Å². The van der Waals surface area contributed by atoms with E-state index in [2.05, 4.69) is 16.4 Å². The van der Waals surface area contributed by atoms with Crippen LogP contribution in [0.2, 0.25) is 0 Å². The van der Waals surface area contributed by atoms with Crippen LogP contribution >= 0.6 is 23.1 Å². The normalized spacial score (nSPS) is 12.7. The van der Waals surface area contributed by atoms with Crippen molar-refractivity contribution < 1.29 is 0 Å². The van der Waals surface area contributed by atoms with Crippen molar-refractivity contribution in [2.24, 2.45) is 5.73 Å². The fourth-order valence-corrected chi connectivity index (χ4v) is 3.12. The van der Waals surface area contributed by atoms with Gasteiger partial charge in [-0.1, -0.05) is 23.9 Å². The van der Waals surface area contributed by atoms with E-state index in [1.165, 1.54) is 4.21 Å².